The van der Waals surface area contributed by atoms with Gasteiger partial charge in [0, 0.05) is 16.9 Å². The Hall–Kier alpha value is -1.09. The van der Waals surface area contributed by atoms with E-state index in [1.165, 1.54) is 0 Å². The molecule has 0 amide bonds. The van der Waals surface area contributed by atoms with Crippen molar-refractivity contribution >= 4 is 5.97 Å². The van der Waals surface area contributed by atoms with Crippen LogP contribution in [0.5, 0.6) is 0 Å². The topological polar surface area (TPSA) is 46.5 Å². The molecule has 3 nitrogen and oxygen atoms in total. The minimum atomic E-state index is -1.07. The summed E-state index contributed by atoms with van der Waals surface area (Å²) in [6.07, 6.45) is 4.16. The van der Waals surface area contributed by atoms with Crippen LogP contribution < -0.4 is 0 Å². The Labute approximate surface area is 108 Å². The van der Waals surface area contributed by atoms with Crippen molar-refractivity contribution < 1.29 is 14.6 Å². The highest BCUT2D eigenvalue weighted by molar-refractivity contribution is 5.91. The summed E-state index contributed by atoms with van der Waals surface area (Å²) in [7, 11) is 0. The molecule has 98 valence electrons. The van der Waals surface area contributed by atoms with Crippen molar-refractivity contribution in [3.8, 4) is 0 Å². The van der Waals surface area contributed by atoms with Gasteiger partial charge in [-0.2, -0.15) is 0 Å². The molecule has 18 heavy (non-hydrogen) atoms. The van der Waals surface area contributed by atoms with E-state index in [2.05, 4.69) is 20.1 Å². The Bertz CT molecular complexity index is 453. The molecule has 0 spiro atoms. The first-order valence-electron chi connectivity index (χ1n) is 6.70. The van der Waals surface area contributed by atoms with Gasteiger partial charge >= 0.3 is 5.97 Å². The number of carbonyl (C=O) groups excluding carboxylic acids is 1. The molecule has 0 aromatic rings. The van der Waals surface area contributed by atoms with Gasteiger partial charge in [-0.1, -0.05) is 20.1 Å². The Morgan fingerprint density at radius 1 is 1.39 bits per heavy atom. The van der Waals surface area contributed by atoms with Crippen LogP contribution in [0.15, 0.2) is 24.3 Å². The van der Waals surface area contributed by atoms with Crippen molar-refractivity contribution in [1.29, 1.82) is 0 Å². The second kappa shape index (κ2) is 3.47. The molecule has 0 radical (unpaired) electrons. The second-order valence-corrected chi connectivity index (χ2v) is 6.28. The number of hydrogen-bond acceptors (Lipinski definition) is 3. The van der Waals surface area contributed by atoms with Gasteiger partial charge in [0.25, 0.3) is 0 Å². The van der Waals surface area contributed by atoms with E-state index in [1.54, 1.807) is 0 Å². The molecule has 2 aliphatic carbocycles. The molecule has 0 aromatic heterocycles. The molecule has 2 saturated carbocycles. The highest BCUT2D eigenvalue weighted by Gasteiger charge is 2.64. The number of esters is 1. The average molecular weight is 248 g/mol. The summed E-state index contributed by atoms with van der Waals surface area (Å²) in [6, 6.07) is 0. The molecule has 1 heterocycles. The van der Waals surface area contributed by atoms with Gasteiger partial charge in [0.1, 0.15) is 11.7 Å². The predicted octanol–water partition coefficient (Wildman–Crippen LogP) is 2.36. The minimum absolute atomic E-state index is 0.0366. The standard InChI is InChI=1S/C15H20O3/c1-9-5-4-7-14(3)8-6-11-10(2)13(16)18-12(11)15(9,14)17/h11-12,17H,1-2,4-8H2,3H3/t11-,12+,14+,15-/m1/s1. The van der Waals surface area contributed by atoms with Crippen molar-refractivity contribution in [1.82, 2.24) is 0 Å². The lowest BCUT2D eigenvalue weighted by Gasteiger charge is -2.56. The monoisotopic (exact) mass is 248 g/mol. The fourth-order valence-electron chi connectivity index (χ4n) is 4.14. The number of rotatable bonds is 0. The smallest absolute Gasteiger partial charge is 0.334 e. The molecule has 3 rings (SSSR count). The maximum atomic E-state index is 11.7. The van der Waals surface area contributed by atoms with Crippen molar-refractivity contribution in [2.45, 2.75) is 50.7 Å². The van der Waals surface area contributed by atoms with Crippen LogP contribution in [0.1, 0.15) is 39.0 Å². The number of hydrogen-bond donors (Lipinski definition) is 1. The maximum Gasteiger partial charge on any atom is 0.334 e. The zero-order chi connectivity index (χ0) is 13.1. The molecule has 0 unspecified atom stereocenters. The van der Waals surface area contributed by atoms with Gasteiger partial charge in [-0.05, 0) is 37.7 Å². The molecule has 3 fully saturated rings. The lowest BCUT2D eigenvalue weighted by atomic mass is 9.52. The lowest BCUT2D eigenvalue weighted by Crippen LogP contribution is -2.62. The third-order valence-electron chi connectivity index (χ3n) is 5.39. The first-order valence-corrected chi connectivity index (χ1v) is 6.70. The zero-order valence-corrected chi connectivity index (χ0v) is 10.9. The van der Waals surface area contributed by atoms with E-state index in [-0.39, 0.29) is 17.3 Å². The van der Waals surface area contributed by atoms with Gasteiger partial charge in [-0.15, -0.1) is 0 Å². The van der Waals surface area contributed by atoms with Gasteiger partial charge < -0.3 is 9.84 Å². The van der Waals surface area contributed by atoms with Gasteiger partial charge in [0.15, 0.2) is 0 Å². The molecular formula is C15H20O3. The van der Waals surface area contributed by atoms with E-state index >= 15 is 0 Å². The van der Waals surface area contributed by atoms with E-state index in [0.717, 1.165) is 37.7 Å². The molecule has 0 aromatic carbocycles. The van der Waals surface area contributed by atoms with Crippen molar-refractivity contribution in [2.24, 2.45) is 11.3 Å². The summed E-state index contributed by atoms with van der Waals surface area (Å²) >= 11 is 0. The van der Waals surface area contributed by atoms with Crippen LogP contribution in [0.3, 0.4) is 0 Å². The normalized spacial score (nSPS) is 47.6. The van der Waals surface area contributed by atoms with E-state index in [0.29, 0.717) is 5.57 Å². The van der Waals surface area contributed by atoms with Crippen LogP contribution in [-0.4, -0.2) is 22.8 Å². The van der Waals surface area contributed by atoms with Gasteiger partial charge in [-0.25, -0.2) is 4.79 Å². The quantitative estimate of drug-likeness (QED) is 0.406. The van der Waals surface area contributed by atoms with Gasteiger partial charge in [0.05, 0.1) is 0 Å². The van der Waals surface area contributed by atoms with Gasteiger partial charge in [-0.3, -0.25) is 0 Å². The largest absolute Gasteiger partial charge is 0.455 e. The lowest BCUT2D eigenvalue weighted by molar-refractivity contribution is -0.187. The van der Waals surface area contributed by atoms with Crippen molar-refractivity contribution in [2.75, 3.05) is 0 Å². The van der Waals surface area contributed by atoms with Crippen LogP contribution in [0, 0.1) is 11.3 Å². The average Bonchev–Trinajstić information content (AvgIpc) is 2.61. The van der Waals surface area contributed by atoms with Gasteiger partial charge in [0.2, 0.25) is 0 Å². The van der Waals surface area contributed by atoms with Crippen LogP contribution in [-0.2, 0) is 9.53 Å². The number of ether oxygens (including phenoxy) is 1. The zero-order valence-electron chi connectivity index (χ0n) is 10.9. The van der Waals surface area contributed by atoms with Crippen molar-refractivity contribution in [3.05, 3.63) is 24.3 Å². The molecule has 3 heteroatoms. The van der Waals surface area contributed by atoms with Crippen LogP contribution in [0.2, 0.25) is 0 Å². The Balaban J connectivity index is 2.08. The third-order valence-corrected chi connectivity index (χ3v) is 5.39. The molecule has 0 bridgehead atoms. The van der Waals surface area contributed by atoms with E-state index < -0.39 is 11.7 Å². The Morgan fingerprint density at radius 3 is 2.83 bits per heavy atom. The summed E-state index contributed by atoms with van der Waals surface area (Å²) in [5, 5.41) is 11.2. The Kier molecular flexibility index (Phi) is 2.31. The maximum absolute atomic E-state index is 11.7. The summed E-state index contributed by atoms with van der Waals surface area (Å²) in [6.45, 7) is 9.98. The SMILES string of the molecule is C=C1C(=O)O[C@H]2[C@@H]1CC[C@]1(C)CCCC(=C)[C@@]21O. The summed E-state index contributed by atoms with van der Waals surface area (Å²) in [4.78, 5) is 11.7. The number of carbonyl (C=O) groups is 1. The van der Waals surface area contributed by atoms with Crippen LogP contribution in [0.25, 0.3) is 0 Å². The molecule has 4 atom stereocenters. The predicted molar refractivity (Wildman–Crippen MR) is 67.8 cm³/mol. The van der Waals surface area contributed by atoms with Crippen LogP contribution in [0.4, 0.5) is 0 Å². The summed E-state index contributed by atoms with van der Waals surface area (Å²) < 4.78 is 5.44. The summed E-state index contributed by atoms with van der Waals surface area (Å²) in [5.41, 5.74) is 0.0693. The highest BCUT2D eigenvalue weighted by Crippen LogP contribution is 2.59. The fourth-order valence-corrected chi connectivity index (χ4v) is 4.14. The summed E-state index contributed by atoms with van der Waals surface area (Å²) in [5.74, 6) is -0.383. The van der Waals surface area contributed by atoms with E-state index in [9.17, 15) is 9.90 Å². The minimum Gasteiger partial charge on any atom is -0.455 e. The molecule has 1 aliphatic heterocycles. The van der Waals surface area contributed by atoms with Crippen molar-refractivity contribution in [3.63, 3.8) is 0 Å². The third kappa shape index (κ3) is 1.21. The molecular weight excluding hydrogens is 228 g/mol. The molecule has 3 aliphatic rings. The molecule has 1 N–H and O–H groups in total. The molecule has 1 saturated heterocycles. The van der Waals surface area contributed by atoms with Crippen LogP contribution >= 0.6 is 0 Å². The number of aliphatic hydroxyl groups is 1. The first kappa shape index (κ1) is 12.0. The Morgan fingerprint density at radius 2 is 2.11 bits per heavy atom. The first-order chi connectivity index (χ1) is 8.40. The number of fused-ring (bicyclic) bond motifs is 3. The second-order valence-electron chi connectivity index (χ2n) is 6.28. The fraction of sp³-hybridized carbons (Fsp3) is 0.667. The van der Waals surface area contributed by atoms with E-state index in [4.69, 9.17) is 4.74 Å². The highest BCUT2D eigenvalue weighted by atomic mass is 16.6. The van der Waals surface area contributed by atoms with E-state index in [1.807, 2.05) is 0 Å².